The molecule has 0 atom stereocenters. The molecule has 0 radical (unpaired) electrons. The molecule has 6 heteroatoms. The number of hydrogen-bond donors (Lipinski definition) is 0. The lowest BCUT2D eigenvalue weighted by Gasteiger charge is -2.35. The van der Waals surface area contributed by atoms with Gasteiger partial charge in [-0.05, 0) is 31.2 Å². The van der Waals surface area contributed by atoms with Crippen molar-refractivity contribution in [3.8, 4) is 11.5 Å². The predicted octanol–water partition coefficient (Wildman–Crippen LogP) is 2.37. The highest BCUT2D eigenvalue weighted by Gasteiger charge is 2.26. The summed E-state index contributed by atoms with van der Waals surface area (Å²) < 4.78 is 10.8. The van der Waals surface area contributed by atoms with Gasteiger partial charge in [-0.25, -0.2) is 0 Å². The van der Waals surface area contributed by atoms with E-state index in [4.69, 9.17) is 9.47 Å². The molecule has 0 spiro atoms. The van der Waals surface area contributed by atoms with E-state index < -0.39 is 0 Å². The quantitative estimate of drug-likeness (QED) is 0.813. The summed E-state index contributed by atoms with van der Waals surface area (Å²) in [7, 11) is 1.55. The van der Waals surface area contributed by atoms with Gasteiger partial charge in [0.25, 0.3) is 11.8 Å². The van der Waals surface area contributed by atoms with Crippen molar-refractivity contribution in [2.75, 3.05) is 39.9 Å². The van der Waals surface area contributed by atoms with E-state index in [1.807, 2.05) is 43.3 Å². The first-order chi connectivity index (χ1) is 13.1. The molecule has 1 saturated heterocycles. The third-order valence-corrected chi connectivity index (χ3v) is 4.64. The highest BCUT2D eigenvalue weighted by molar-refractivity contribution is 5.97. The Morgan fingerprint density at radius 1 is 0.926 bits per heavy atom. The monoisotopic (exact) mass is 368 g/mol. The summed E-state index contributed by atoms with van der Waals surface area (Å²) >= 11 is 0. The summed E-state index contributed by atoms with van der Waals surface area (Å²) in [6, 6.07) is 14.8. The van der Waals surface area contributed by atoms with Crippen LogP contribution in [0.5, 0.6) is 11.5 Å². The second-order valence-electron chi connectivity index (χ2n) is 6.47. The Morgan fingerprint density at radius 2 is 1.56 bits per heavy atom. The van der Waals surface area contributed by atoms with Gasteiger partial charge in [0.15, 0.2) is 6.61 Å². The Kier molecular flexibility index (Phi) is 5.96. The summed E-state index contributed by atoms with van der Waals surface area (Å²) in [6.07, 6.45) is 0. The molecule has 2 aromatic carbocycles. The van der Waals surface area contributed by atoms with Gasteiger partial charge in [0.05, 0.1) is 12.7 Å². The zero-order valence-corrected chi connectivity index (χ0v) is 15.7. The number of carbonyl (C=O) groups is 2. The van der Waals surface area contributed by atoms with Gasteiger partial charge < -0.3 is 19.3 Å². The van der Waals surface area contributed by atoms with E-state index in [2.05, 4.69) is 0 Å². The van der Waals surface area contributed by atoms with Gasteiger partial charge in [0, 0.05) is 26.2 Å². The normalized spacial score (nSPS) is 14.0. The first kappa shape index (κ1) is 18.8. The fourth-order valence-corrected chi connectivity index (χ4v) is 3.02. The number of rotatable bonds is 5. The number of hydrogen-bond acceptors (Lipinski definition) is 4. The molecule has 1 fully saturated rings. The molecule has 1 heterocycles. The van der Waals surface area contributed by atoms with Crippen LogP contribution in [0.25, 0.3) is 0 Å². The van der Waals surface area contributed by atoms with E-state index in [1.54, 1.807) is 29.0 Å². The van der Waals surface area contributed by atoms with Crippen LogP contribution in [0.1, 0.15) is 15.9 Å². The Balaban J connectivity index is 1.51. The molecule has 2 amide bonds. The average molecular weight is 368 g/mol. The van der Waals surface area contributed by atoms with Crippen molar-refractivity contribution in [1.82, 2.24) is 9.80 Å². The fourth-order valence-electron chi connectivity index (χ4n) is 3.02. The number of piperazine rings is 1. The molecule has 1 aliphatic rings. The van der Waals surface area contributed by atoms with Crippen molar-refractivity contribution in [2.45, 2.75) is 6.92 Å². The number of benzene rings is 2. The number of methoxy groups -OCH3 is 1. The molecule has 3 rings (SSSR count). The lowest BCUT2D eigenvalue weighted by atomic mass is 10.1. The fraction of sp³-hybridized carbons (Fsp3) is 0.333. The Labute approximate surface area is 159 Å². The summed E-state index contributed by atoms with van der Waals surface area (Å²) in [6.45, 7) is 3.98. The molecule has 0 unspecified atom stereocenters. The third-order valence-electron chi connectivity index (χ3n) is 4.64. The van der Waals surface area contributed by atoms with Crippen molar-refractivity contribution in [3.63, 3.8) is 0 Å². The van der Waals surface area contributed by atoms with Crippen molar-refractivity contribution in [1.29, 1.82) is 0 Å². The maximum atomic E-state index is 12.7. The minimum absolute atomic E-state index is 0.00349. The average Bonchev–Trinajstić information content (AvgIpc) is 2.72. The maximum absolute atomic E-state index is 12.7. The standard InChI is InChI=1S/C21H24N2O4/c1-16-7-9-17(10-8-16)27-15-20(24)22-11-13-23(14-12-22)21(25)18-5-3-4-6-19(18)26-2/h3-10H,11-15H2,1-2H3. The topological polar surface area (TPSA) is 59.1 Å². The van der Waals surface area contributed by atoms with E-state index in [9.17, 15) is 9.59 Å². The van der Waals surface area contributed by atoms with Crippen LogP contribution in [0, 0.1) is 6.92 Å². The van der Waals surface area contributed by atoms with Crippen molar-refractivity contribution in [3.05, 3.63) is 59.7 Å². The lowest BCUT2D eigenvalue weighted by molar-refractivity contribution is -0.134. The van der Waals surface area contributed by atoms with E-state index in [0.29, 0.717) is 43.2 Å². The van der Waals surface area contributed by atoms with Gasteiger partial charge in [-0.3, -0.25) is 9.59 Å². The summed E-state index contributed by atoms with van der Waals surface area (Å²) in [4.78, 5) is 28.6. The number of para-hydroxylation sites is 1. The summed E-state index contributed by atoms with van der Waals surface area (Å²) in [5.74, 6) is 1.10. The van der Waals surface area contributed by atoms with Gasteiger partial charge in [-0.15, -0.1) is 0 Å². The minimum Gasteiger partial charge on any atom is -0.496 e. The van der Waals surface area contributed by atoms with E-state index in [0.717, 1.165) is 5.56 Å². The molecule has 1 aliphatic heterocycles. The van der Waals surface area contributed by atoms with E-state index in [-0.39, 0.29) is 18.4 Å². The van der Waals surface area contributed by atoms with Crippen molar-refractivity contribution < 1.29 is 19.1 Å². The molecular weight excluding hydrogens is 344 g/mol. The molecule has 27 heavy (non-hydrogen) atoms. The second-order valence-corrected chi connectivity index (χ2v) is 6.47. The van der Waals surface area contributed by atoms with Gasteiger partial charge in [0.1, 0.15) is 11.5 Å². The predicted molar refractivity (Wildman–Crippen MR) is 102 cm³/mol. The maximum Gasteiger partial charge on any atom is 0.260 e. The van der Waals surface area contributed by atoms with Gasteiger partial charge in [-0.1, -0.05) is 29.8 Å². The van der Waals surface area contributed by atoms with Crippen molar-refractivity contribution >= 4 is 11.8 Å². The van der Waals surface area contributed by atoms with Crippen LogP contribution in [0.4, 0.5) is 0 Å². The molecule has 0 aliphatic carbocycles. The van der Waals surface area contributed by atoms with Crippen LogP contribution in [-0.4, -0.2) is 61.5 Å². The Hall–Kier alpha value is -3.02. The third kappa shape index (κ3) is 4.58. The van der Waals surface area contributed by atoms with Crippen LogP contribution in [0.3, 0.4) is 0 Å². The number of amides is 2. The largest absolute Gasteiger partial charge is 0.496 e. The van der Waals surface area contributed by atoms with Crippen LogP contribution in [-0.2, 0) is 4.79 Å². The highest BCUT2D eigenvalue weighted by atomic mass is 16.5. The first-order valence-electron chi connectivity index (χ1n) is 8.98. The number of nitrogens with zero attached hydrogens (tertiary/aromatic N) is 2. The molecule has 6 nitrogen and oxygen atoms in total. The van der Waals surface area contributed by atoms with Crippen LogP contribution in [0.2, 0.25) is 0 Å². The van der Waals surface area contributed by atoms with Crippen molar-refractivity contribution in [2.24, 2.45) is 0 Å². The molecule has 0 aromatic heterocycles. The van der Waals surface area contributed by atoms with Crippen LogP contribution >= 0.6 is 0 Å². The van der Waals surface area contributed by atoms with Gasteiger partial charge >= 0.3 is 0 Å². The molecule has 142 valence electrons. The zero-order valence-electron chi connectivity index (χ0n) is 15.7. The first-order valence-corrected chi connectivity index (χ1v) is 8.98. The zero-order chi connectivity index (χ0) is 19.2. The molecular formula is C21H24N2O4. The van der Waals surface area contributed by atoms with E-state index >= 15 is 0 Å². The highest BCUT2D eigenvalue weighted by Crippen LogP contribution is 2.20. The second kappa shape index (κ2) is 8.58. The summed E-state index contributed by atoms with van der Waals surface area (Å²) in [5.41, 5.74) is 1.69. The number of ether oxygens (including phenoxy) is 2. The Bertz CT molecular complexity index is 796. The SMILES string of the molecule is COc1ccccc1C(=O)N1CCN(C(=O)COc2ccc(C)cc2)CC1. The molecule has 0 bridgehead atoms. The van der Waals surface area contributed by atoms with Crippen LogP contribution < -0.4 is 9.47 Å². The molecule has 0 saturated carbocycles. The van der Waals surface area contributed by atoms with E-state index in [1.165, 1.54) is 0 Å². The van der Waals surface area contributed by atoms with Gasteiger partial charge in [-0.2, -0.15) is 0 Å². The molecule has 2 aromatic rings. The number of aryl methyl sites for hydroxylation is 1. The smallest absolute Gasteiger partial charge is 0.260 e. The minimum atomic E-state index is -0.0737. The van der Waals surface area contributed by atoms with Gasteiger partial charge in [0.2, 0.25) is 0 Å². The molecule has 0 N–H and O–H groups in total. The van der Waals surface area contributed by atoms with Crippen LogP contribution in [0.15, 0.2) is 48.5 Å². The lowest BCUT2D eigenvalue weighted by Crippen LogP contribution is -2.51. The number of carbonyl (C=O) groups excluding carboxylic acids is 2. The summed E-state index contributed by atoms with van der Waals surface area (Å²) in [5, 5.41) is 0. The Morgan fingerprint density at radius 3 is 2.22 bits per heavy atom.